The molecule has 0 aromatic heterocycles. The predicted molar refractivity (Wildman–Crippen MR) is 174 cm³/mol. The molecule has 1 aliphatic rings. The van der Waals surface area contributed by atoms with Crippen molar-refractivity contribution in [2.75, 3.05) is 39.6 Å². The van der Waals surface area contributed by atoms with Crippen LogP contribution in [0.4, 0.5) is 0 Å². The number of hydrogen-bond acceptors (Lipinski definition) is 13. The highest BCUT2D eigenvalue weighted by atomic mass is 32.2. The van der Waals surface area contributed by atoms with E-state index < -0.39 is 58.9 Å². The summed E-state index contributed by atoms with van der Waals surface area (Å²) in [6.07, 6.45) is -1.27. The van der Waals surface area contributed by atoms with Crippen LogP contribution in [-0.4, -0.2) is 90.4 Å². The zero-order chi connectivity index (χ0) is 36.3. The van der Waals surface area contributed by atoms with Crippen LogP contribution in [0.1, 0.15) is 43.4 Å². The standard InChI is InChI=1S/C28H44NO16P3S/c1-4-14-39-16-17-40-15-13-29(49(37,38)26-11-5-22(2)6-12-26)19-24-7-9-25(10-8-24)20-41-46(31,32)44-48(35,36)45-47(33,34)42-21-28-27(30)18-23(3)43-28/h5-12,23,27-28,30H,4,13-21H2,1-3H3,(H,31,32)(H,33,34)(H,35,36)/t23-,27+,28+/m0/s1. The molecule has 0 spiro atoms. The Balaban J connectivity index is 1.57. The Kier molecular flexibility index (Phi) is 16.2. The number of aliphatic hydroxyl groups is 1. The fourth-order valence-corrected chi connectivity index (χ4v) is 9.36. The van der Waals surface area contributed by atoms with E-state index >= 15 is 0 Å². The minimum atomic E-state index is -5.69. The number of benzene rings is 2. The maximum Gasteiger partial charge on any atom is 0.490 e. The minimum absolute atomic E-state index is 0.0339. The topological polar surface area (TPSA) is 234 Å². The Bertz CT molecular complexity index is 1580. The second-order valence-corrected chi connectivity index (χ2v) is 17.7. The van der Waals surface area contributed by atoms with E-state index in [1.807, 2.05) is 13.8 Å². The Morgan fingerprint density at radius 1 is 0.837 bits per heavy atom. The number of phosphoric acid groups is 3. The summed E-state index contributed by atoms with van der Waals surface area (Å²) in [5.74, 6) is 0. The number of nitrogens with zero attached hydrogens (tertiary/aromatic N) is 1. The molecule has 17 nitrogen and oxygen atoms in total. The molecule has 0 radical (unpaired) electrons. The van der Waals surface area contributed by atoms with E-state index in [9.17, 15) is 41.9 Å². The molecule has 1 aliphatic heterocycles. The average Bonchev–Trinajstić information content (AvgIpc) is 3.34. The molecule has 278 valence electrons. The van der Waals surface area contributed by atoms with Gasteiger partial charge in [0.1, 0.15) is 6.10 Å². The molecule has 1 fully saturated rings. The molecule has 1 saturated heterocycles. The molecule has 0 aliphatic carbocycles. The molecule has 6 atom stereocenters. The average molecular weight is 776 g/mol. The number of rotatable bonds is 22. The second-order valence-electron chi connectivity index (χ2n) is 11.1. The highest BCUT2D eigenvalue weighted by Crippen LogP contribution is 2.67. The van der Waals surface area contributed by atoms with E-state index in [4.69, 9.17) is 18.7 Å². The first kappa shape index (κ1) is 42.0. The van der Waals surface area contributed by atoms with Crippen LogP contribution in [0.5, 0.6) is 0 Å². The molecule has 2 aromatic carbocycles. The van der Waals surface area contributed by atoms with Crippen molar-refractivity contribution in [3.05, 3.63) is 65.2 Å². The molecule has 0 saturated carbocycles. The first-order valence-electron chi connectivity index (χ1n) is 15.2. The van der Waals surface area contributed by atoms with Gasteiger partial charge in [-0.05, 0) is 43.5 Å². The van der Waals surface area contributed by atoms with Crippen LogP contribution in [0.15, 0.2) is 53.4 Å². The van der Waals surface area contributed by atoms with Gasteiger partial charge in [0.2, 0.25) is 10.0 Å². The van der Waals surface area contributed by atoms with Gasteiger partial charge in [0.25, 0.3) is 0 Å². The maximum atomic E-state index is 13.5. The lowest BCUT2D eigenvalue weighted by atomic mass is 10.1. The molecule has 21 heteroatoms. The van der Waals surface area contributed by atoms with E-state index in [1.165, 1.54) is 28.6 Å². The fraction of sp³-hybridized carbons (Fsp3) is 0.571. The third-order valence-electron chi connectivity index (χ3n) is 6.86. The molecule has 3 rings (SSSR count). The van der Waals surface area contributed by atoms with Crippen LogP contribution in [0.2, 0.25) is 0 Å². The number of hydrogen-bond donors (Lipinski definition) is 4. The molecule has 4 N–H and O–H groups in total. The van der Waals surface area contributed by atoms with E-state index in [1.54, 1.807) is 31.2 Å². The number of sulfonamides is 1. The summed E-state index contributed by atoms with van der Waals surface area (Å²) >= 11 is 0. The Hall–Kier alpha value is -1.40. The summed E-state index contributed by atoms with van der Waals surface area (Å²) in [7, 11) is -20.3. The Labute approximate surface area is 285 Å². The quantitative estimate of drug-likeness (QED) is 0.0976. The number of ether oxygens (including phenoxy) is 3. The van der Waals surface area contributed by atoms with E-state index in [0.29, 0.717) is 30.9 Å². The predicted octanol–water partition coefficient (Wildman–Crippen LogP) is 4.04. The molecule has 0 bridgehead atoms. The first-order chi connectivity index (χ1) is 22.9. The second kappa shape index (κ2) is 18.9. The van der Waals surface area contributed by atoms with Crippen molar-refractivity contribution in [2.45, 2.75) is 70.0 Å². The van der Waals surface area contributed by atoms with Crippen LogP contribution < -0.4 is 0 Å². The Morgan fingerprint density at radius 2 is 1.41 bits per heavy atom. The normalized spacial score (nSPS) is 22.1. The largest absolute Gasteiger partial charge is 0.490 e. The van der Waals surface area contributed by atoms with Crippen molar-refractivity contribution in [3.8, 4) is 0 Å². The van der Waals surface area contributed by atoms with Crippen molar-refractivity contribution in [3.63, 3.8) is 0 Å². The SMILES string of the molecule is CCCOCCOCCN(Cc1ccc(COP(=O)(O)OP(=O)(O)OP(=O)(O)OC[C@H]2O[C@@H](C)C[C@H]2O)cc1)S(=O)(=O)c1ccc(C)cc1. The Morgan fingerprint density at radius 3 is 1.98 bits per heavy atom. The summed E-state index contributed by atoms with van der Waals surface area (Å²) in [5, 5.41) is 9.83. The molecular formula is C28H44NO16P3S. The van der Waals surface area contributed by atoms with Gasteiger partial charge in [0.05, 0.1) is 50.1 Å². The van der Waals surface area contributed by atoms with Gasteiger partial charge in [-0.15, -0.1) is 0 Å². The van der Waals surface area contributed by atoms with Gasteiger partial charge >= 0.3 is 23.5 Å². The third kappa shape index (κ3) is 14.6. The van der Waals surface area contributed by atoms with Gasteiger partial charge < -0.3 is 34.0 Å². The van der Waals surface area contributed by atoms with Crippen LogP contribution >= 0.6 is 23.5 Å². The summed E-state index contributed by atoms with van der Waals surface area (Å²) in [6, 6.07) is 12.5. The summed E-state index contributed by atoms with van der Waals surface area (Å²) in [4.78, 5) is 29.7. The lowest BCUT2D eigenvalue weighted by molar-refractivity contribution is -0.0167. The number of phosphoric ester groups is 2. The first-order valence-corrected chi connectivity index (χ1v) is 21.2. The van der Waals surface area contributed by atoms with Gasteiger partial charge in [0, 0.05) is 26.1 Å². The van der Waals surface area contributed by atoms with E-state index in [2.05, 4.69) is 13.1 Å². The minimum Gasteiger partial charge on any atom is -0.390 e. The number of aliphatic hydroxyl groups excluding tert-OH is 1. The van der Waals surface area contributed by atoms with Crippen LogP contribution in [-0.2, 0) is 68.7 Å². The van der Waals surface area contributed by atoms with Crippen LogP contribution in [0.25, 0.3) is 0 Å². The van der Waals surface area contributed by atoms with Crippen molar-refractivity contribution in [1.82, 2.24) is 4.31 Å². The van der Waals surface area contributed by atoms with Gasteiger partial charge in [-0.2, -0.15) is 12.9 Å². The van der Waals surface area contributed by atoms with Crippen LogP contribution in [0.3, 0.4) is 0 Å². The molecule has 49 heavy (non-hydrogen) atoms. The van der Waals surface area contributed by atoms with Crippen molar-refractivity contribution in [1.29, 1.82) is 0 Å². The summed E-state index contributed by atoms with van der Waals surface area (Å²) in [5.41, 5.74) is 1.75. The highest BCUT2D eigenvalue weighted by molar-refractivity contribution is 7.89. The molecule has 2 aromatic rings. The summed E-state index contributed by atoms with van der Waals surface area (Å²) < 4.78 is 98.7. The third-order valence-corrected chi connectivity index (χ3v) is 13.0. The highest BCUT2D eigenvalue weighted by Gasteiger charge is 2.43. The van der Waals surface area contributed by atoms with Crippen molar-refractivity contribution >= 4 is 33.5 Å². The summed E-state index contributed by atoms with van der Waals surface area (Å²) in [6.45, 7) is 5.60. The lowest BCUT2D eigenvalue weighted by Crippen LogP contribution is -2.34. The molecule has 1 heterocycles. The monoisotopic (exact) mass is 775 g/mol. The van der Waals surface area contributed by atoms with Crippen LogP contribution in [0, 0.1) is 6.92 Å². The smallest absolute Gasteiger partial charge is 0.390 e. The van der Waals surface area contributed by atoms with Gasteiger partial charge in [-0.1, -0.05) is 48.9 Å². The zero-order valence-electron chi connectivity index (χ0n) is 27.3. The van der Waals surface area contributed by atoms with Gasteiger partial charge in [-0.3, -0.25) is 9.05 Å². The van der Waals surface area contributed by atoms with Crippen molar-refractivity contribution in [2.24, 2.45) is 0 Å². The van der Waals surface area contributed by atoms with Crippen molar-refractivity contribution < 1.29 is 73.8 Å². The molecular weight excluding hydrogens is 731 g/mol. The zero-order valence-corrected chi connectivity index (χ0v) is 30.8. The fourth-order valence-electron chi connectivity index (χ4n) is 4.45. The molecule has 0 amide bonds. The van der Waals surface area contributed by atoms with E-state index in [-0.39, 0.29) is 37.1 Å². The number of aryl methyl sites for hydroxylation is 1. The molecule has 3 unspecified atom stereocenters. The maximum absolute atomic E-state index is 13.5. The van der Waals surface area contributed by atoms with E-state index in [0.717, 1.165) is 12.0 Å². The van der Waals surface area contributed by atoms with Gasteiger partial charge in [-0.25, -0.2) is 22.1 Å². The lowest BCUT2D eigenvalue weighted by Gasteiger charge is -2.23. The van der Waals surface area contributed by atoms with Gasteiger partial charge in [0.15, 0.2) is 0 Å².